The van der Waals surface area contributed by atoms with Gasteiger partial charge in [0.1, 0.15) is 0 Å². The van der Waals surface area contributed by atoms with Crippen LogP contribution in [0.4, 0.5) is 0 Å². The van der Waals surface area contributed by atoms with Crippen LogP contribution in [0, 0.1) is 0 Å². The molecule has 0 aliphatic carbocycles. The van der Waals surface area contributed by atoms with E-state index in [4.69, 9.17) is 0 Å². The van der Waals surface area contributed by atoms with E-state index >= 15 is 0 Å². The molecule has 0 aliphatic heterocycles. The molecule has 0 aromatic rings. The fraction of sp³-hybridized carbons (Fsp3) is 1.00. The molecule has 0 atom stereocenters. The number of hydrogen-bond donors (Lipinski definition) is 0. The minimum atomic E-state index is -1.81. The van der Waals surface area contributed by atoms with E-state index < -0.39 is 7.14 Å². The zero-order valence-electron chi connectivity index (χ0n) is 14.5. The SMILES string of the molecule is CCCCCCCCP(=O)(CC)CCCCCCCC. The van der Waals surface area contributed by atoms with Gasteiger partial charge < -0.3 is 4.57 Å². The number of unbranched alkanes of at least 4 members (excludes halogenated alkanes) is 10. The fourth-order valence-electron chi connectivity index (χ4n) is 2.79. The van der Waals surface area contributed by atoms with Crippen LogP contribution in [0.5, 0.6) is 0 Å². The van der Waals surface area contributed by atoms with Crippen molar-refractivity contribution < 1.29 is 4.57 Å². The zero-order chi connectivity index (χ0) is 15.1. The molecule has 0 rings (SSSR count). The van der Waals surface area contributed by atoms with Crippen LogP contribution in [0.1, 0.15) is 97.8 Å². The van der Waals surface area contributed by atoms with E-state index in [0.717, 1.165) is 18.5 Å². The lowest BCUT2D eigenvalue weighted by Gasteiger charge is -2.16. The molecule has 0 heterocycles. The van der Waals surface area contributed by atoms with Gasteiger partial charge in [0.15, 0.2) is 0 Å². The van der Waals surface area contributed by atoms with Gasteiger partial charge in [0.25, 0.3) is 0 Å². The van der Waals surface area contributed by atoms with Gasteiger partial charge in [0.2, 0.25) is 0 Å². The summed E-state index contributed by atoms with van der Waals surface area (Å²) in [4.78, 5) is 0. The van der Waals surface area contributed by atoms with Crippen molar-refractivity contribution in [3.8, 4) is 0 Å². The molecule has 0 spiro atoms. The third kappa shape index (κ3) is 12.0. The molecule has 0 fully saturated rings. The summed E-state index contributed by atoms with van der Waals surface area (Å²) in [7, 11) is -1.81. The molecule has 0 bridgehead atoms. The van der Waals surface area contributed by atoms with Crippen molar-refractivity contribution in [3.05, 3.63) is 0 Å². The highest BCUT2D eigenvalue weighted by molar-refractivity contribution is 7.63. The first-order valence-corrected chi connectivity index (χ1v) is 11.5. The minimum Gasteiger partial charge on any atom is -0.324 e. The fourth-order valence-corrected chi connectivity index (χ4v) is 5.24. The van der Waals surface area contributed by atoms with E-state index in [9.17, 15) is 4.57 Å². The van der Waals surface area contributed by atoms with Crippen molar-refractivity contribution in [1.82, 2.24) is 0 Å². The molecule has 0 aliphatic rings. The number of rotatable bonds is 15. The Kier molecular flexibility index (Phi) is 14.3. The maximum atomic E-state index is 12.8. The summed E-state index contributed by atoms with van der Waals surface area (Å²) in [5, 5.41) is 0. The molecule has 0 unspecified atom stereocenters. The Hall–Kier alpha value is 0.230. The molecule has 20 heavy (non-hydrogen) atoms. The third-order valence-corrected chi connectivity index (χ3v) is 7.83. The first-order valence-electron chi connectivity index (χ1n) is 9.25. The summed E-state index contributed by atoms with van der Waals surface area (Å²) in [6, 6.07) is 0. The summed E-state index contributed by atoms with van der Waals surface area (Å²) in [5.74, 6) is 0. The van der Waals surface area contributed by atoms with E-state index in [2.05, 4.69) is 20.8 Å². The predicted molar refractivity (Wildman–Crippen MR) is 94.6 cm³/mol. The van der Waals surface area contributed by atoms with Gasteiger partial charge in [-0.15, -0.1) is 0 Å². The average Bonchev–Trinajstić information content (AvgIpc) is 2.46. The summed E-state index contributed by atoms with van der Waals surface area (Å²) >= 11 is 0. The largest absolute Gasteiger partial charge is 0.324 e. The molecule has 0 saturated heterocycles. The van der Waals surface area contributed by atoms with E-state index in [-0.39, 0.29) is 0 Å². The van der Waals surface area contributed by atoms with Gasteiger partial charge in [0.05, 0.1) is 7.14 Å². The highest BCUT2D eigenvalue weighted by atomic mass is 31.2. The van der Waals surface area contributed by atoms with Gasteiger partial charge in [-0.3, -0.25) is 0 Å². The van der Waals surface area contributed by atoms with Crippen molar-refractivity contribution in [3.63, 3.8) is 0 Å². The molecule has 2 heteroatoms. The van der Waals surface area contributed by atoms with Gasteiger partial charge in [0, 0.05) is 12.3 Å². The van der Waals surface area contributed by atoms with Crippen LogP contribution in [0.25, 0.3) is 0 Å². The lowest BCUT2D eigenvalue weighted by molar-refractivity contribution is 0.562. The lowest BCUT2D eigenvalue weighted by Crippen LogP contribution is -1.99. The second-order valence-corrected chi connectivity index (χ2v) is 10.0. The second-order valence-electron chi connectivity index (χ2n) is 6.36. The Morgan fingerprint density at radius 2 is 0.900 bits per heavy atom. The maximum absolute atomic E-state index is 12.8. The van der Waals surface area contributed by atoms with E-state index in [0.29, 0.717) is 0 Å². The molecule has 122 valence electrons. The van der Waals surface area contributed by atoms with Crippen LogP contribution in [0.15, 0.2) is 0 Å². The second kappa shape index (κ2) is 14.2. The molecule has 0 saturated carbocycles. The molecular formula is C18H39OP. The Labute approximate surface area is 128 Å². The molecule has 0 aromatic carbocycles. The van der Waals surface area contributed by atoms with Crippen LogP contribution < -0.4 is 0 Å². The Balaban J connectivity index is 3.60. The van der Waals surface area contributed by atoms with Crippen LogP contribution in [-0.2, 0) is 4.57 Å². The van der Waals surface area contributed by atoms with Gasteiger partial charge >= 0.3 is 0 Å². The van der Waals surface area contributed by atoms with Crippen molar-refractivity contribution >= 4 is 7.14 Å². The smallest absolute Gasteiger partial charge is 0.0875 e. The van der Waals surface area contributed by atoms with Gasteiger partial charge in [-0.05, 0) is 19.0 Å². The van der Waals surface area contributed by atoms with E-state index in [1.165, 1.54) is 77.0 Å². The van der Waals surface area contributed by atoms with E-state index in [1.807, 2.05) is 0 Å². The van der Waals surface area contributed by atoms with E-state index in [1.54, 1.807) is 0 Å². The van der Waals surface area contributed by atoms with Crippen molar-refractivity contribution in [1.29, 1.82) is 0 Å². The summed E-state index contributed by atoms with van der Waals surface area (Å²) in [5.41, 5.74) is 0. The third-order valence-electron chi connectivity index (χ3n) is 4.41. The topological polar surface area (TPSA) is 17.1 Å². The zero-order valence-corrected chi connectivity index (χ0v) is 15.4. The normalized spacial score (nSPS) is 11.9. The number of hydrogen-bond acceptors (Lipinski definition) is 1. The first-order chi connectivity index (χ1) is 9.68. The summed E-state index contributed by atoms with van der Waals surface area (Å²) < 4.78 is 12.8. The lowest BCUT2D eigenvalue weighted by atomic mass is 10.1. The molecule has 0 amide bonds. The highest BCUT2D eigenvalue weighted by Crippen LogP contribution is 2.47. The average molecular weight is 302 g/mol. The van der Waals surface area contributed by atoms with Crippen molar-refractivity contribution in [2.45, 2.75) is 97.8 Å². The van der Waals surface area contributed by atoms with Crippen molar-refractivity contribution in [2.24, 2.45) is 0 Å². The van der Waals surface area contributed by atoms with Gasteiger partial charge in [-0.2, -0.15) is 0 Å². The van der Waals surface area contributed by atoms with Crippen LogP contribution in [0.2, 0.25) is 0 Å². The summed E-state index contributed by atoms with van der Waals surface area (Å²) in [6.07, 6.45) is 18.7. The van der Waals surface area contributed by atoms with Crippen LogP contribution in [0.3, 0.4) is 0 Å². The van der Waals surface area contributed by atoms with Gasteiger partial charge in [-0.25, -0.2) is 0 Å². The van der Waals surface area contributed by atoms with Gasteiger partial charge in [-0.1, -0.05) is 85.0 Å². The highest BCUT2D eigenvalue weighted by Gasteiger charge is 2.18. The molecule has 0 aromatic heterocycles. The standard InChI is InChI=1S/C18H39OP/c1-4-7-9-11-13-15-17-20(19,6-3)18-16-14-12-10-8-5-2/h4-18H2,1-3H3. The quantitative estimate of drug-likeness (QED) is 0.233. The Morgan fingerprint density at radius 1 is 0.550 bits per heavy atom. The maximum Gasteiger partial charge on any atom is 0.0875 e. The molecule has 0 N–H and O–H groups in total. The Morgan fingerprint density at radius 3 is 1.25 bits per heavy atom. The van der Waals surface area contributed by atoms with Crippen molar-refractivity contribution in [2.75, 3.05) is 18.5 Å². The predicted octanol–water partition coefficient (Wildman–Crippen LogP) is 7.09. The van der Waals surface area contributed by atoms with Crippen LogP contribution >= 0.6 is 7.14 Å². The molecule has 1 nitrogen and oxygen atoms in total. The Bertz CT molecular complexity index is 218. The monoisotopic (exact) mass is 302 g/mol. The first kappa shape index (κ1) is 20.2. The molecule has 0 radical (unpaired) electrons. The molecular weight excluding hydrogens is 263 g/mol. The minimum absolute atomic E-state index is 0.927. The summed E-state index contributed by atoms with van der Waals surface area (Å²) in [6.45, 7) is 6.65. The van der Waals surface area contributed by atoms with Crippen LogP contribution in [-0.4, -0.2) is 18.5 Å².